The molecule has 0 unspecified atom stereocenters. The van der Waals surface area contributed by atoms with Crippen molar-refractivity contribution < 1.29 is 4.79 Å². The molecule has 2 aromatic rings. The largest absolute Gasteiger partial charge is 0.309 e. The van der Waals surface area contributed by atoms with Gasteiger partial charge in [0.1, 0.15) is 0 Å². The molecule has 1 aromatic heterocycles. The molecule has 0 spiro atoms. The van der Waals surface area contributed by atoms with Crippen LogP contribution in [-0.4, -0.2) is 15.7 Å². The van der Waals surface area contributed by atoms with Gasteiger partial charge in [0.25, 0.3) is 0 Å². The second kappa shape index (κ2) is 4.88. The molecule has 1 heterocycles. The van der Waals surface area contributed by atoms with E-state index in [0.29, 0.717) is 5.82 Å². The minimum Gasteiger partial charge on any atom is -0.309 e. The number of hydrogen-bond donors (Lipinski definition) is 1. The fourth-order valence-corrected chi connectivity index (χ4v) is 2.09. The van der Waals surface area contributed by atoms with Gasteiger partial charge in [-0.25, -0.2) is 0 Å². The average molecular weight is 255 g/mol. The number of nitrogens with one attached hydrogen (secondary N) is 1. The van der Waals surface area contributed by atoms with Crippen LogP contribution in [0.5, 0.6) is 0 Å². The summed E-state index contributed by atoms with van der Waals surface area (Å²) in [6.45, 7) is 2.80. The standard InChI is InChI=1S/C15H17N3O/c1-11-3-2-4-12(9-11)10-18-8-7-14(17-18)16-15(19)13-5-6-13/h2-4,7-9,13H,5-6,10H2,1H3,(H,16,17,19). The Kier molecular flexibility index (Phi) is 3.07. The van der Waals surface area contributed by atoms with Gasteiger partial charge in [-0.3, -0.25) is 9.48 Å². The molecule has 4 nitrogen and oxygen atoms in total. The first-order valence-corrected chi connectivity index (χ1v) is 6.60. The molecule has 98 valence electrons. The van der Waals surface area contributed by atoms with Crippen LogP contribution < -0.4 is 5.32 Å². The molecule has 1 N–H and O–H groups in total. The maximum absolute atomic E-state index is 11.6. The van der Waals surface area contributed by atoms with Crippen molar-refractivity contribution in [3.8, 4) is 0 Å². The lowest BCUT2D eigenvalue weighted by Gasteiger charge is -2.03. The van der Waals surface area contributed by atoms with Gasteiger partial charge in [0.2, 0.25) is 5.91 Å². The van der Waals surface area contributed by atoms with Crippen LogP contribution in [0.2, 0.25) is 0 Å². The topological polar surface area (TPSA) is 46.9 Å². The number of anilines is 1. The monoisotopic (exact) mass is 255 g/mol. The molecule has 0 radical (unpaired) electrons. The van der Waals surface area contributed by atoms with Crippen LogP contribution in [0, 0.1) is 12.8 Å². The Morgan fingerprint density at radius 2 is 2.26 bits per heavy atom. The van der Waals surface area contributed by atoms with Gasteiger partial charge < -0.3 is 5.32 Å². The Hall–Kier alpha value is -2.10. The molecule has 1 fully saturated rings. The van der Waals surface area contributed by atoms with Crippen molar-refractivity contribution in [2.45, 2.75) is 26.3 Å². The lowest BCUT2D eigenvalue weighted by Crippen LogP contribution is -2.14. The minimum atomic E-state index is 0.0980. The van der Waals surface area contributed by atoms with Crippen molar-refractivity contribution in [2.24, 2.45) is 5.92 Å². The van der Waals surface area contributed by atoms with E-state index in [4.69, 9.17) is 0 Å². The van der Waals surface area contributed by atoms with E-state index in [0.717, 1.165) is 19.4 Å². The number of amides is 1. The highest BCUT2D eigenvalue weighted by Gasteiger charge is 2.29. The number of rotatable bonds is 4. The van der Waals surface area contributed by atoms with Crippen molar-refractivity contribution >= 4 is 11.7 Å². The van der Waals surface area contributed by atoms with Crippen LogP contribution in [0.15, 0.2) is 36.5 Å². The lowest BCUT2D eigenvalue weighted by atomic mass is 10.1. The van der Waals surface area contributed by atoms with E-state index in [2.05, 4.69) is 35.5 Å². The number of aryl methyl sites for hydroxylation is 1. The second-order valence-corrected chi connectivity index (χ2v) is 5.15. The number of nitrogens with zero attached hydrogens (tertiary/aromatic N) is 2. The molecule has 1 aliphatic rings. The average Bonchev–Trinajstić information content (AvgIpc) is 3.13. The predicted octanol–water partition coefficient (Wildman–Crippen LogP) is 2.59. The van der Waals surface area contributed by atoms with Gasteiger partial charge >= 0.3 is 0 Å². The Bertz CT molecular complexity index is 599. The molecule has 0 saturated heterocycles. The molecule has 3 rings (SSSR count). The summed E-state index contributed by atoms with van der Waals surface area (Å²) in [5.41, 5.74) is 2.45. The SMILES string of the molecule is Cc1cccc(Cn2ccc(NC(=O)C3CC3)n2)c1. The molecule has 19 heavy (non-hydrogen) atoms. The van der Waals surface area contributed by atoms with Gasteiger partial charge in [-0.2, -0.15) is 5.10 Å². The smallest absolute Gasteiger partial charge is 0.228 e. The van der Waals surface area contributed by atoms with Crippen LogP contribution in [0.4, 0.5) is 5.82 Å². The van der Waals surface area contributed by atoms with Gasteiger partial charge in [0.15, 0.2) is 5.82 Å². The fourth-order valence-electron chi connectivity index (χ4n) is 2.09. The highest BCUT2D eigenvalue weighted by Crippen LogP contribution is 2.29. The van der Waals surface area contributed by atoms with Crippen molar-refractivity contribution in [2.75, 3.05) is 5.32 Å². The molecule has 0 bridgehead atoms. The summed E-state index contributed by atoms with van der Waals surface area (Å²) in [6.07, 6.45) is 3.91. The first kappa shape index (κ1) is 12.0. The summed E-state index contributed by atoms with van der Waals surface area (Å²) < 4.78 is 1.84. The molecule has 0 aliphatic heterocycles. The summed E-state index contributed by atoms with van der Waals surface area (Å²) in [5, 5.41) is 7.22. The molecule has 1 aromatic carbocycles. The zero-order valence-electron chi connectivity index (χ0n) is 11.0. The van der Waals surface area contributed by atoms with Gasteiger partial charge in [-0.05, 0) is 25.3 Å². The Morgan fingerprint density at radius 3 is 3.00 bits per heavy atom. The van der Waals surface area contributed by atoms with Crippen LogP contribution in [0.3, 0.4) is 0 Å². The van der Waals surface area contributed by atoms with Crippen LogP contribution in [0.1, 0.15) is 24.0 Å². The quantitative estimate of drug-likeness (QED) is 0.912. The van der Waals surface area contributed by atoms with Gasteiger partial charge in [0, 0.05) is 18.2 Å². The number of carbonyl (C=O) groups is 1. The van der Waals surface area contributed by atoms with Gasteiger partial charge in [-0.1, -0.05) is 29.8 Å². The minimum absolute atomic E-state index is 0.0980. The van der Waals surface area contributed by atoms with Crippen LogP contribution in [0.25, 0.3) is 0 Å². The van der Waals surface area contributed by atoms with E-state index in [1.807, 2.05) is 23.0 Å². The number of hydrogen-bond acceptors (Lipinski definition) is 2. The Balaban J connectivity index is 1.65. The third kappa shape index (κ3) is 3.02. The van der Waals surface area contributed by atoms with Crippen molar-refractivity contribution in [3.05, 3.63) is 47.7 Å². The maximum Gasteiger partial charge on any atom is 0.228 e. The first-order chi connectivity index (χ1) is 9.20. The highest BCUT2D eigenvalue weighted by atomic mass is 16.2. The Labute approximate surface area is 112 Å². The number of aromatic nitrogens is 2. The highest BCUT2D eigenvalue weighted by molar-refractivity contribution is 5.93. The lowest BCUT2D eigenvalue weighted by molar-refractivity contribution is -0.117. The third-order valence-electron chi connectivity index (χ3n) is 3.27. The normalized spacial score (nSPS) is 14.4. The molecule has 1 saturated carbocycles. The first-order valence-electron chi connectivity index (χ1n) is 6.60. The summed E-state index contributed by atoms with van der Waals surface area (Å²) in [5.74, 6) is 0.951. The maximum atomic E-state index is 11.6. The number of benzene rings is 1. The Morgan fingerprint density at radius 1 is 1.42 bits per heavy atom. The summed E-state index contributed by atoms with van der Waals surface area (Å²) >= 11 is 0. The molecular weight excluding hydrogens is 238 g/mol. The van der Waals surface area contributed by atoms with Crippen molar-refractivity contribution in [3.63, 3.8) is 0 Å². The molecule has 0 atom stereocenters. The van der Waals surface area contributed by atoms with Crippen molar-refractivity contribution in [1.82, 2.24) is 9.78 Å². The number of carbonyl (C=O) groups excluding carboxylic acids is 1. The molecule has 1 amide bonds. The van der Waals surface area contributed by atoms with E-state index < -0.39 is 0 Å². The van der Waals surface area contributed by atoms with E-state index >= 15 is 0 Å². The third-order valence-corrected chi connectivity index (χ3v) is 3.27. The van der Waals surface area contributed by atoms with Crippen molar-refractivity contribution in [1.29, 1.82) is 0 Å². The zero-order valence-corrected chi connectivity index (χ0v) is 11.0. The predicted molar refractivity (Wildman–Crippen MR) is 73.9 cm³/mol. The van der Waals surface area contributed by atoms with Gasteiger partial charge in [-0.15, -0.1) is 0 Å². The molecular formula is C15H17N3O. The van der Waals surface area contributed by atoms with E-state index in [-0.39, 0.29) is 11.8 Å². The summed E-state index contributed by atoms with van der Waals surface area (Å²) in [7, 11) is 0. The second-order valence-electron chi connectivity index (χ2n) is 5.15. The molecule has 4 heteroatoms. The summed E-state index contributed by atoms with van der Waals surface area (Å²) in [6, 6.07) is 10.2. The van der Waals surface area contributed by atoms with Crippen LogP contribution >= 0.6 is 0 Å². The summed E-state index contributed by atoms with van der Waals surface area (Å²) in [4.78, 5) is 11.6. The van der Waals surface area contributed by atoms with E-state index in [1.165, 1.54) is 11.1 Å². The van der Waals surface area contributed by atoms with Gasteiger partial charge in [0.05, 0.1) is 6.54 Å². The zero-order chi connectivity index (χ0) is 13.2. The molecule has 1 aliphatic carbocycles. The van der Waals surface area contributed by atoms with E-state index in [1.54, 1.807) is 0 Å². The fraction of sp³-hybridized carbons (Fsp3) is 0.333. The van der Waals surface area contributed by atoms with Crippen LogP contribution in [-0.2, 0) is 11.3 Å². The van der Waals surface area contributed by atoms with E-state index in [9.17, 15) is 4.79 Å².